The van der Waals surface area contributed by atoms with Gasteiger partial charge in [0.25, 0.3) is 0 Å². The van der Waals surface area contributed by atoms with Gasteiger partial charge in [0.2, 0.25) is 0 Å². The van der Waals surface area contributed by atoms with Gasteiger partial charge in [-0.3, -0.25) is 0 Å². The fraction of sp³-hybridized carbons (Fsp3) is 1.00. The van der Waals surface area contributed by atoms with Gasteiger partial charge in [0, 0.05) is 18.6 Å². The van der Waals surface area contributed by atoms with E-state index in [1.807, 2.05) is 13.8 Å². The summed E-state index contributed by atoms with van der Waals surface area (Å²) in [6, 6.07) is 0. The Balaban J connectivity index is 2.29. The fourth-order valence-corrected chi connectivity index (χ4v) is 1.92. The van der Waals surface area contributed by atoms with Gasteiger partial charge in [0.15, 0.2) is 0 Å². The van der Waals surface area contributed by atoms with Crippen LogP contribution in [0, 0.1) is 0 Å². The molecule has 0 aromatic heterocycles. The Morgan fingerprint density at radius 2 is 1.71 bits per heavy atom. The van der Waals surface area contributed by atoms with Gasteiger partial charge in [0.05, 0.1) is 11.7 Å². The first-order chi connectivity index (χ1) is 7.72. The molecule has 1 heterocycles. The van der Waals surface area contributed by atoms with Crippen LogP contribution in [0.15, 0.2) is 0 Å². The molecule has 0 aromatic carbocycles. The van der Waals surface area contributed by atoms with Crippen LogP contribution in [-0.4, -0.2) is 58.5 Å². The molecule has 102 valence electrons. The summed E-state index contributed by atoms with van der Waals surface area (Å²) < 4.78 is 0. The van der Waals surface area contributed by atoms with Crippen LogP contribution in [0.2, 0.25) is 0 Å². The van der Waals surface area contributed by atoms with Crippen molar-refractivity contribution >= 4 is 0 Å². The fourth-order valence-electron chi connectivity index (χ4n) is 1.92. The number of aliphatic hydroxyl groups excluding tert-OH is 1. The van der Waals surface area contributed by atoms with Gasteiger partial charge in [-0.1, -0.05) is 0 Å². The van der Waals surface area contributed by atoms with Gasteiger partial charge in [-0.15, -0.1) is 0 Å². The minimum Gasteiger partial charge on any atom is -0.390 e. The quantitative estimate of drug-likeness (QED) is 0.640. The van der Waals surface area contributed by atoms with Crippen molar-refractivity contribution in [2.24, 2.45) is 0 Å². The lowest BCUT2D eigenvalue weighted by Gasteiger charge is -2.39. The highest BCUT2D eigenvalue weighted by Crippen LogP contribution is 2.20. The normalized spacial score (nSPS) is 20.8. The Morgan fingerprint density at radius 3 is 2.18 bits per heavy atom. The summed E-state index contributed by atoms with van der Waals surface area (Å²) in [5.74, 6) is 0. The zero-order chi connectivity index (χ0) is 13.1. The van der Waals surface area contributed by atoms with Crippen molar-refractivity contribution in [3.63, 3.8) is 0 Å². The molecule has 0 radical (unpaired) electrons. The Morgan fingerprint density at radius 1 is 1.18 bits per heavy atom. The SMILES string of the molecule is CC(C)(O)C(C)(C)NCC(O)CN1CCCC1. The van der Waals surface area contributed by atoms with Crippen LogP contribution >= 0.6 is 0 Å². The third-order valence-corrected chi connectivity index (χ3v) is 3.98. The molecule has 0 bridgehead atoms. The van der Waals surface area contributed by atoms with Crippen LogP contribution in [0.4, 0.5) is 0 Å². The maximum Gasteiger partial charge on any atom is 0.0791 e. The standard InChI is InChI=1S/C13H28N2O2/c1-12(2,13(3,4)17)14-9-11(16)10-15-7-5-6-8-15/h11,14,16-17H,5-10H2,1-4H3. The average Bonchev–Trinajstić information content (AvgIpc) is 2.66. The zero-order valence-electron chi connectivity index (χ0n) is 11.7. The monoisotopic (exact) mass is 244 g/mol. The molecule has 0 amide bonds. The lowest BCUT2D eigenvalue weighted by Crippen LogP contribution is -2.58. The molecule has 1 fully saturated rings. The van der Waals surface area contributed by atoms with Gasteiger partial charge in [-0.25, -0.2) is 0 Å². The third-order valence-electron chi connectivity index (χ3n) is 3.98. The molecule has 1 aliphatic rings. The van der Waals surface area contributed by atoms with E-state index in [1.165, 1.54) is 12.8 Å². The number of hydrogen-bond acceptors (Lipinski definition) is 4. The summed E-state index contributed by atoms with van der Waals surface area (Å²) >= 11 is 0. The number of β-amino-alcohol motifs (C(OH)–C–C–N with tert-alkyl or cyclic N) is 1. The number of rotatable bonds is 6. The molecule has 1 atom stereocenters. The maximum atomic E-state index is 9.99. The molecule has 1 rings (SSSR count). The van der Waals surface area contributed by atoms with Crippen molar-refractivity contribution in [3.05, 3.63) is 0 Å². The first-order valence-electron chi connectivity index (χ1n) is 6.60. The maximum absolute atomic E-state index is 9.99. The number of nitrogens with zero attached hydrogens (tertiary/aromatic N) is 1. The van der Waals surface area contributed by atoms with Gasteiger partial charge in [0.1, 0.15) is 0 Å². The number of nitrogens with one attached hydrogen (secondary N) is 1. The van der Waals surface area contributed by atoms with E-state index in [2.05, 4.69) is 10.2 Å². The third kappa shape index (κ3) is 4.54. The van der Waals surface area contributed by atoms with E-state index >= 15 is 0 Å². The van der Waals surface area contributed by atoms with Crippen molar-refractivity contribution < 1.29 is 10.2 Å². The van der Waals surface area contributed by atoms with Crippen molar-refractivity contribution in [2.75, 3.05) is 26.2 Å². The molecule has 3 N–H and O–H groups in total. The van der Waals surface area contributed by atoms with Crippen molar-refractivity contribution in [3.8, 4) is 0 Å². The summed E-state index contributed by atoms with van der Waals surface area (Å²) in [6.45, 7) is 10.9. The first kappa shape index (κ1) is 14.9. The van der Waals surface area contributed by atoms with E-state index in [9.17, 15) is 10.2 Å². The molecule has 4 heteroatoms. The van der Waals surface area contributed by atoms with E-state index < -0.39 is 11.1 Å². The highest BCUT2D eigenvalue weighted by molar-refractivity contribution is 4.93. The van der Waals surface area contributed by atoms with E-state index in [1.54, 1.807) is 13.8 Å². The summed E-state index contributed by atoms with van der Waals surface area (Å²) in [5, 5.41) is 23.2. The average molecular weight is 244 g/mol. The molecule has 0 aliphatic carbocycles. The smallest absolute Gasteiger partial charge is 0.0791 e. The second kappa shape index (κ2) is 5.65. The first-order valence-corrected chi connectivity index (χ1v) is 6.60. The minimum atomic E-state index is -0.805. The number of hydrogen-bond donors (Lipinski definition) is 3. The molecule has 0 aromatic rings. The largest absolute Gasteiger partial charge is 0.390 e. The highest BCUT2D eigenvalue weighted by Gasteiger charge is 2.34. The zero-order valence-corrected chi connectivity index (χ0v) is 11.7. The molecule has 4 nitrogen and oxygen atoms in total. The van der Waals surface area contributed by atoms with Crippen molar-refractivity contribution in [2.45, 2.75) is 57.8 Å². The van der Waals surface area contributed by atoms with E-state index in [-0.39, 0.29) is 6.10 Å². The van der Waals surface area contributed by atoms with Crippen LogP contribution in [0.3, 0.4) is 0 Å². The van der Waals surface area contributed by atoms with Crippen LogP contribution in [0.1, 0.15) is 40.5 Å². The Hall–Kier alpha value is -0.160. The highest BCUT2D eigenvalue weighted by atomic mass is 16.3. The Bertz CT molecular complexity index is 230. The molecule has 1 aliphatic heterocycles. The molecular weight excluding hydrogens is 216 g/mol. The van der Waals surface area contributed by atoms with Crippen molar-refractivity contribution in [1.29, 1.82) is 0 Å². The van der Waals surface area contributed by atoms with Crippen LogP contribution in [0.25, 0.3) is 0 Å². The van der Waals surface area contributed by atoms with E-state index in [4.69, 9.17) is 0 Å². The lowest BCUT2D eigenvalue weighted by molar-refractivity contribution is -0.0110. The number of aliphatic hydroxyl groups is 2. The van der Waals surface area contributed by atoms with Gasteiger partial charge in [-0.2, -0.15) is 0 Å². The lowest BCUT2D eigenvalue weighted by atomic mass is 9.86. The van der Waals surface area contributed by atoms with Crippen molar-refractivity contribution in [1.82, 2.24) is 10.2 Å². The second-order valence-electron chi connectivity index (χ2n) is 6.23. The van der Waals surface area contributed by atoms with E-state index in [0.717, 1.165) is 19.6 Å². The Labute approximate surface area is 105 Å². The molecule has 0 spiro atoms. The van der Waals surface area contributed by atoms with Crippen LogP contribution < -0.4 is 5.32 Å². The Kier molecular flexibility index (Phi) is 4.95. The minimum absolute atomic E-state index is 0.366. The van der Waals surface area contributed by atoms with Crippen LogP contribution in [0.5, 0.6) is 0 Å². The van der Waals surface area contributed by atoms with Gasteiger partial charge < -0.3 is 20.4 Å². The van der Waals surface area contributed by atoms with Crippen LogP contribution in [-0.2, 0) is 0 Å². The van der Waals surface area contributed by atoms with Gasteiger partial charge in [-0.05, 0) is 53.6 Å². The molecule has 1 saturated heterocycles. The second-order valence-corrected chi connectivity index (χ2v) is 6.23. The summed E-state index contributed by atoms with van der Waals surface area (Å²) in [7, 11) is 0. The molecule has 0 saturated carbocycles. The molecular formula is C13H28N2O2. The molecule has 17 heavy (non-hydrogen) atoms. The molecule has 1 unspecified atom stereocenters. The van der Waals surface area contributed by atoms with E-state index in [0.29, 0.717) is 6.54 Å². The predicted octanol–water partition coefficient (Wildman–Crippen LogP) is 0.582. The summed E-state index contributed by atoms with van der Waals surface area (Å²) in [4.78, 5) is 2.30. The number of likely N-dealkylation sites (tertiary alicyclic amines) is 1. The summed E-state index contributed by atoms with van der Waals surface area (Å²) in [6.07, 6.45) is 2.12. The summed E-state index contributed by atoms with van der Waals surface area (Å²) in [5.41, 5.74) is -1.21. The van der Waals surface area contributed by atoms with Gasteiger partial charge >= 0.3 is 0 Å². The predicted molar refractivity (Wildman–Crippen MR) is 70.1 cm³/mol. The topological polar surface area (TPSA) is 55.7 Å².